The SMILES string of the molecule is C[C@]12CCC3(CC1=C[C@H](OC(=O)c1ccccc1)[C@@H]1[C@@H]2CC[C@]2(C)C(=O)CC[C@@H]12)OCCO3. The van der Waals surface area contributed by atoms with Gasteiger partial charge in [0.1, 0.15) is 11.9 Å². The van der Waals surface area contributed by atoms with Crippen LogP contribution in [0.2, 0.25) is 0 Å². The van der Waals surface area contributed by atoms with E-state index in [0.717, 1.165) is 38.5 Å². The molecule has 5 aliphatic rings. The minimum atomic E-state index is -0.515. The number of rotatable bonds is 2. The van der Waals surface area contributed by atoms with Crippen molar-refractivity contribution in [1.82, 2.24) is 0 Å². The molecule has 0 amide bonds. The van der Waals surface area contributed by atoms with Crippen molar-refractivity contribution in [2.45, 2.75) is 70.7 Å². The van der Waals surface area contributed by atoms with E-state index in [-0.39, 0.29) is 34.7 Å². The summed E-state index contributed by atoms with van der Waals surface area (Å²) in [5.74, 6) is 0.440. The Kier molecular flexibility index (Phi) is 4.90. The Balaban J connectivity index is 1.40. The van der Waals surface area contributed by atoms with Crippen molar-refractivity contribution in [1.29, 1.82) is 0 Å². The molecular weight excluding hydrogens is 416 g/mol. The molecule has 1 aromatic rings. The first-order valence-electron chi connectivity index (χ1n) is 12.6. The van der Waals surface area contributed by atoms with Gasteiger partial charge in [0.2, 0.25) is 0 Å². The number of ketones is 1. The van der Waals surface area contributed by atoms with E-state index in [2.05, 4.69) is 19.9 Å². The Labute approximate surface area is 195 Å². The van der Waals surface area contributed by atoms with Crippen LogP contribution in [0.25, 0.3) is 0 Å². The third-order valence-corrected chi connectivity index (χ3v) is 9.89. The van der Waals surface area contributed by atoms with Gasteiger partial charge >= 0.3 is 5.97 Å². The number of benzene rings is 1. The van der Waals surface area contributed by atoms with Gasteiger partial charge in [-0.15, -0.1) is 0 Å². The van der Waals surface area contributed by atoms with Crippen molar-refractivity contribution in [3.63, 3.8) is 0 Å². The van der Waals surface area contributed by atoms with Crippen molar-refractivity contribution < 1.29 is 23.8 Å². The van der Waals surface area contributed by atoms with Crippen LogP contribution in [0, 0.1) is 28.6 Å². The van der Waals surface area contributed by atoms with Gasteiger partial charge < -0.3 is 14.2 Å². The van der Waals surface area contributed by atoms with Gasteiger partial charge in [0, 0.05) is 30.6 Å². The lowest BCUT2D eigenvalue weighted by Crippen LogP contribution is -2.56. The molecule has 6 atom stereocenters. The molecule has 33 heavy (non-hydrogen) atoms. The van der Waals surface area contributed by atoms with E-state index in [4.69, 9.17) is 14.2 Å². The minimum Gasteiger partial charge on any atom is -0.454 e. The highest BCUT2D eigenvalue weighted by molar-refractivity contribution is 5.89. The summed E-state index contributed by atoms with van der Waals surface area (Å²) in [5, 5.41) is 0. The minimum absolute atomic E-state index is 0.0356. The molecule has 1 aromatic carbocycles. The smallest absolute Gasteiger partial charge is 0.338 e. The summed E-state index contributed by atoms with van der Waals surface area (Å²) in [6.45, 7) is 5.85. The Bertz CT molecular complexity index is 993. The highest BCUT2D eigenvalue weighted by Gasteiger charge is 2.63. The molecule has 1 heterocycles. The van der Waals surface area contributed by atoms with Crippen molar-refractivity contribution in [3.8, 4) is 0 Å². The van der Waals surface area contributed by atoms with Gasteiger partial charge in [-0.25, -0.2) is 4.79 Å². The van der Waals surface area contributed by atoms with E-state index in [9.17, 15) is 9.59 Å². The quantitative estimate of drug-likeness (QED) is 0.464. The van der Waals surface area contributed by atoms with Crippen LogP contribution in [0.4, 0.5) is 0 Å². The summed E-state index contributed by atoms with van der Waals surface area (Å²) in [5.41, 5.74) is 1.64. The Morgan fingerprint density at radius 3 is 2.45 bits per heavy atom. The fraction of sp³-hybridized carbons (Fsp3) is 0.643. The van der Waals surface area contributed by atoms with Gasteiger partial charge in [-0.2, -0.15) is 0 Å². The fourth-order valence-electron chi connectivity index (χ4n) is 7.96. The van der Waals surface area contributed by atoms with Gasteiger partial charge in [-0.1, -0.05) is 37.6 Å². The molecule has 4 aliphatic carbocycles. The maximum atomic E-state index is 13.1. The second kappa shape index (κ2) is 7.51. The summed E-state index contributed by atoms with van der Waals surface area (Å²) in [6.07, 6.45) is 8.07. The average molecular weight is 451 g/mol. The molecule has 1 aliphatic heterocycles. The topological polar surface area (TPSA) is 61.8 Å². The largest absolute Gasteiger partial charge is 0.454 e. The summed E-state index contributed by atoms with van der Waals surface area (Å²) >= 11 is 0. The number of carbonyl (C=O) groups is 2. The normalized spacial score (nSPS) is 41.2. The van der Waals surface area contributed by atoms with E-state index in [1.807, 2.05) is 18.2 Å². The predicted molar refractivity (Wildman–Crippen MR) is 122 cm³/mol. The lowest BCUT2D eigenvalue weighted by atomic mass is 9.47. The van der Waals surface area contributed by atoms with Crippen LogP contribution in [0.1, 0.15) is 69.2 Å². The van der Waals surface area contributed by atoms with Crippen LogP contribution in [0.15, 0.2) is 42.0 Å². The van der Waals surface area contributed by atoms with E-state index in [1.165, 1.54) is 5.57 Å². The summed E-state index contributed by atoms with van der Waals surface area (Å²) in [6, 6.07) is 9.24. The molecule has 5 heteroatoms. The molecule has 0 aromatic heterocycles. The number of esters is 1. The van der Waals surface area contributed by atoms with Crippen LogP contribution in [0.3, 0.4) is 0 Å². The van der Waals surface area contributed by atoms with Crippen LogP contribution >= 0.6 is 0 Å². The van der Waals surface area contributed by atoms with Crippen molar-refractivity contribution in [2.24, 2.45) is 28.6 Å². The third-order valence-electron chi connectivity index (χ3n) is 9.89. The molecule has 176 valence electrons. The van der Waals surface area contributed by atoms with Gasteiger partial charge in [0.15, 0.2) is 5.79 Å². The molecule has 5 nitrogen and oxygen atoms in total. The van der Waals surface area contributed by atoms with Gasteiger partial charge in [-0.3, -0.25) is 4.79 Å². The van der Waals surface area contributed by atoms with E-state index in [0.29, 0.717) is 36.9 Å². The maximum Gasteiger partial charge on any atom is 0.338 e. The van der Waals surface area contributed by atoms with Crippen LogP contribution in [0.5, 0.6) is 0 Å². The Morgan fingerprint density at radius 1 is 0.970 bits per heavy atom. The monoisotopic (exact) mass is 450 g/mol. The fourth-order valence-corrected chi connectivity index (χ4v) is 7.96. The van der Waals surface area contributed by atoms with Crippen molar-refractivity contribution >= 4 is 11.8 Å². The lowest BCUT2D eigenvalue weighted by Gasteiger charge is -2.59. The highest BCUT2D eigenvalue weighted by atomic mass is 16.7. The number of hydrogen-bond donors (Lipinski definition) is 0. The molecule has 0 radical (unpaired) electrons. The second-order valence-corrected chi connectivity index (χ2v) is 11.3. The van der Waals surface area contributed by atoms with Gasteiger partial charge in [-0.05, 0) is 61.1 Å². The molecule has 4 fully saturated rings. The molecule has 0 N–H and O–H groups in total. The molecule has 6 rings (SSSR count). The van der Waals surface area contributed by atoms with E-state index in [1.54, 1.807) is 12.1 Å². The van der Waals surface area contributed by atoms with E-state index >= 15 is 0 Å². The zero-order chi connectivity index (χ0) is 22.8. The highest BCUT2D eigenvalue weighted by Crippen LogP contribution is 2.65. The number of fused-ring (bicyclic) bond motifs is 5. The first-order valence-corrected chi connectivity index (χ1v) is 12.6. The summed E-state index contributed by atoms with van der Waals surface area (Å²) in [4.78, 5) is 26.1. The van der Waals surface area contributed by atoms with Crippen LogP contribution in [-0.2, 0) is 19.0 Å². The third kappa shape index (κ3) is 3.19. The van der Waals surface area contributed by atoms with Gasteiger partial charge in [0.05, 0.1) is 18.8 Å². The van der Waals surface area contributed by atoms with Crippen LogP contribution in [-0.4, -0.2) is 36.9 Å². The maximum absolute atomic E-state index is 13.1. The number of Topliss-reactive ketones (excluding diaryl/α,β-unsaturated/α-hetero) is 1. The Hall–Kier alpha value is -1.98. The number of ether oxygens (including phenoxy) is 3. The molecule has 1 spiro atoms. The zero-order valence-electron chi connectivity index (χ0n) is 19.7. The number of carbonyl (C=O) groups excluding carboxylic acids is 2. The molecule has 0 bridgehead atoms. The molecule has 3 saturated carbocycles. The standard InChI is InChI=1S/C28H34O5/c1-26-12-13-28(31-14-15-32-28)17-19(26)16-22(33-25(30)18-6-4-3-5-7-18)24-20-8-9-23(29)27(20,2)11-10-21(24)26/h3-7,16,20-22,24H,8-15,17H2,1-2H3/t20-,21-,22-,24-,26-,27-/m0/s1. The van der Waals surface area contributed by atoms with Crippen LogP contribution < -0.4 is 0 Å². The predicted octanol–water partition coefficient (Wildman–Crippen LogP) is 5.10. The lowest BCUT2D eigenvalue weighted by molar-refractivity contribution is -0.188. The summed E-state index contributed by atoms with van der Waals surface area (Å²) in [7, 11) is 0. The second-order valence-electron chi connectivity index (χ2n) is 11.3. The average Bonchev–Trinajstić information content (AvgIpc) is 3.40. The molecule has 0 unspecified atom stereocenters. The first kappa shape index (κ1) is 21.5. The molecular formula is C28H34O5. The molecule has 1 saturated heterocycles. The Morgan fingerprint density at radius 2 is 1.70 bits per heavy atom. The van der Waals surface area contributed by atoms with Crippen molar-refractivity contribution in [2.75, 3.05) is 13.2 Å². The number of hydrogen-bond acceptors (Lipinski definition) is 5. The summed E-state index contributed by atoms with van der Waals surface area (Å²) < 4.78 is 18.4. The zero-order valence-corrected chi connectivity index (χ0v) is 19.7. The first-order chi connectivity index (χ1) is 15.8. The van der Waals surface area contributed by atoms with Crippen molar-refractivity contribution in [3.05, 3.63) is 47.5 Å². The van der Waals surface area contributed by atoms with E-state index < -0.39 is 5.79 Å². The van der Waals surface area contributed by atoms with Gasteiger partial charge in [0.25, 0.3) is 0 Å².